The molecule has 0 unspecified atom stereocenters. The van der Waals surface area contributed by atoms with Crippen LogP contribution in [0.15, 0.2) is 107 Å². The summed E-state index contributed by atoms with van der Waals surface area (Å²) in [6.45, 7) is 1.89. The molecule has 0 saturated carbocycles. The lowest BCUT2D eigenvalue weighted by atomic mass is 10.2. The van der Waals surface area contributed by atoms with Crippen LogP contribution in [0, 0.1) is 6.92 Å². The molecular formula is C29H25N3O5S2. The van der Waals surface area contributed by atoms with Gasteiger partial charge in [0.05, 0.1) is 28.8 Å². The highest BCUT2D eigenvalue weighted by Gasteiger charge is 2.25. The van der Waals surface area contributed by atoms with Crippen LogP contribution in [0.1, 0.15) is 5.56 Å². The number of imidazole rings is 1. The minimum Gasteiger partial charge on any atom is -0.497 e. The van der Waals surface area contributed by atoms with Gasteiger partial charge >= 0.3 is 0 Å². The van der Waals surface area contributed by atoms with Gasteiger partial charge in [0.15, 0.2) is 5.16 Å². The van der Waals surface area contributed by atoms with Gasteiger partial charge in [-0.1, -0.05) is 47.7 Å². The fourth-order valence-corrected chi connectivity index (χ4v) is 6.34. The highest BCUT2D eigenvalue weighted by molar-refractivity contribution is 8.00. The quantitative estimate of drug-likeness (QED) is 0.217. The monoisotopic (exact) mass is 559 g/mol. The van der Waals surface area contributed by atoms with E-state index in [2.05, 4.69) is 10.3 Å². The Hall–Kier alpha value is -4.28. The van der Waals surface area contributed by atoms with Gasteiger partial charge in [0.25, 0.3) is 10.0 Å². The molecule has 0 aliphatic rings. The van der Waals surface area contributed by atoms with E-state index in [1.165, 1.54) is 11.1 Å². The van der Waals surface area contributed by atoms with Gasteiger partial charge in [-0.3, -0.25) is 4.79 Å². The molecule has 8 nitrogen and oxygen atoms in total. The summed E-state index contributed by atoms with van der Waals surface area (Å²) in [5.41, 5.74) is 2.37. The number of nitrogens with zero attached hydrogens (tertiary/aromatic N) is 2. The third kappa shape index (κ3) is 5.92. The minimum absolute atomic E-state index is 0.0495. The second-order valence-corrected chi connectivity index (χ2v) is 11.3. The summed E-state index contributed by atoms with van der Waals surface area (Å²) in [6.07, 6.45) is 0. The number of ether oxygens (including phenoxy) is 2. The molecule has 5 rings (SSSR count). The first-order valence-electron chi connectivity index (χ1n) is 12.0. The van der Waals surface area contributed by atoms with E-state index in [4.69, 9.17) is 9.47 Å². The summed E-state index contributed by atoms with van der Waals surface area (Å²) in [4.78, 5) is 17.4. The van der Waals surface area contributed by atoms with Crippen molar-refractivity contribution in [1.82, 2.24) is 8.96 Å². The Morgan fingerprint density at radius 1 is 0.897 bits per heavy atom. The molecule has 1 amide bonds. The van der Waals surface area contributed by atoms with Crippen LogP contribution in [-0.4, -0.2) is 36.1 Å². The summed E-state index contributed by atoms with van der Waals surface area (Å²) in [5.74, 6) is 1.50. The number of nitrogens with one attached hydrogen (secondary N) is 1. The maximum atomic E-state index is 13.7. The lowest BCUT2D eigenvalue weighted by molar-refractivity contribution is -0.113. The Labute approximate surface area is 230 Å². The topological polar surface area (TPSA) is 99.5 Å². The van der Waals surface area contributed by atoms with Gasteiger partial charge in [-0.2, -0.15) is 0 Å². The lowest BCUT2D eigenvalue weighted by Gasteiger charge is -2.11. The highest BCUT2D eigenvalue weighted by Crippen LogP contribution is 2.31. The van der Waals surface area contributed by atoms with E-state index in [-0.39, 0.29) is 21.7 Å². The lowest BCUT2D eigenvalue weighted by Crippen LogP contribution is -2.17. The van der Waals surface area contributed by atoms with Crippen LogP contribution < -0.4 is 14.8 Å². The first-order chi connectivity index (χ1) is 18.8. The fraction of sp³-hybridized carbons (Fsp3) is 0.103. The van der Waals surface area contributed by atoms with E-state index in [1.54, 1.807) is 66.7 Å². The van der Waals surface area contributed by atoms with E-state index in [1.807, 2.05) is 37.3 Å². The molecule has 0 spiro atoms. The van der Waals surface area contributed by atoms with Crippen LogP contribution in [-0.2, 0) is 14.8 Å². The summed E-state index contributed by atoms with van der Waals surface area (Å²) < 4.78 is 39.7. The molecule has 0 aliphatic heterocycles. The van der Waals surface area contributed by atoms with E-state index in [9.17, 15) is 13.2 Å². The normalized spacial score (nSPS) is 11.3. The highest BCUT2D eigenvalue weighted by atomic mass is 32.2. The van der Waals surface area contributed by atoms with Crippen molar-refractivity contribution in [2.45, 2.75) is 17.0 Å². The Morgan fingerprint density at radius 3 is 2.26 bits per heavy atom. The van der Waals surface area contributed by atoms with Crippen LogP contribution in [0.3, 0.4) is 0 Å². The van der Waals surface area contributed by atoms with E-state index < -0.39 is 10.0 Å². The average molecular weight is 560 g/mol. The van der Waals surface area contributed by atoms with Crippen LogP contribution in [0.5, 0.6) is 17.2 Å². The maximum absolute atomic E-state index is 13.7. The number of hydrogen-bond donors (Lipinski definition) is 1. The number of thioether (sulfide) groups is 1. The second-order valence-electron chi connectivity index (χ2n) is 8.61. The number of carbonyl (C=O) groups excluding carboxylic acids is 1. The molecule has 0 radical (unpaired) electrons. The van der Waals surface area contributed by atoms with E-state index in [0.717, 1.165) is 17.3 Å². The van der Waals surface area contributed by atoms with Gasteiger partial charge in [-0.15, -0.1) is 0 Å². The number of rotatable bonds is 9. The van der Waals surface area contributed by atoms with Gasteiger partial charge < -0.3 is 14.8 Å². The van der Waals surface area contributed by atoms with Crippen molar-refractivity contribution in [1.29, 1.82) is 0 Å². The van der Waals surface area contributed by atoms with Crippen molar-refractivity contribution in [3.63, 3.8) is 0 Å². The number of aryl methyl sites for hydroxylation is 1. The zero-order valence-corrected chi connectivity index (χ0v) is 22.8. The molecule has 10 heteroatoms. The summed E-state index contributed by atoms with van der Waals surface area (Å²) in [7, 11) is -2.49. The van der Waals surface area contributed by atoms with Crippen molar-refractivity contribution in [2.24, 2.45) is 0 Å². The predicted molar refractivity (Wildman–Crippen MR) is 152 cm³/mol. The Morgan fingerprint density at radius 2 is 1.56 bits per heavy atom. The second kappa shape index (κ2) is 11.2. The molecule has 39 heavy (non-hydrogen) atoms. The first kappa shape index (κ1) is 26.3. The molecule has 198 valence electrons. The molecule has 0 fully saturated rings. The summed E-state index contributed by atoms with van der Waals surface area (Å²) in [6, 6.07) is 28.0. The average Bonchev–Trinajstić information content (AvgIpc) is 3.32. The van der Waals surface area contributed by atoms with Gasteiger partial charge in [-0.25, -0.2) is 17.4 Å². The third-order valence-electron chi connectivity index (χ3n) is 5.80. The molecule has 0 saturated heterocycles. The van der Waals surface area contributed by atoms with E-state index in [0.29, 0.717) is 34.0 Å². The van der Waals surface area contributed by atoms with Crippen molar-refractivity contribution in [3.8, 4) is 17.2 Å². The number of carbonyl (C=O) groups is 1. The Balaban J connectivity index is 1.35. The predicted octanol–water partition coefficient (Wildman–Crippen LogP) is 6.11. The van der Waals surface area contributed by atoms with Crippen LogP contribution in [0.25, 0.3) is 11.0 Å². The molecule has 1 heterocycles. The molecular weight excluding hydrogens is 534 g/mol. The number of aromatic nitrogens is 2. The zero-order valence-electron chi connectivity index (χ0n) is 21.2. The number of anilines is 1. The summed E-state index contributed by atoms with van der Waals surface area (Å²) >= 11 is 1.04. The van der Waals surface area contributed by atoms with Gasteiger partial charge in [0, 0.05) is 11.8 Å². The molecule has 0 atom stereocenters. The standard InChI is InChI=1S/C29H25N3O5S2/c1-20-8-15-25(16-9-20)39(34,35)32-27-18-24(36-2)14-17-26(27)31-29(32)38-19-28(33)30-21-10-12-23(13-11-21)37-22-6-4-3-5-7-22/h3-18H,19H2,1-2H3,(H,30,33). The molecule has 0 aliphatic carbocycles. The first-order valence-corrected chi connectivity index (χ1v) is 14.4. The van der Waals surface area contributed by atoms with Gasteiger partial charge in [-0.05, 0) is 67.6 Å². The largest absolute Gasteiger partial charge is 0.497 e. The smallest absolute Gasteiger partial charge is 0.270 e. The molecule has 4 aromatic carbocycles. The maximum Gasteiger partial charge on any atom is 0.270 e. The van der Waals surface area contributed by atoms with Crippen molar-refractivity contribution in [3.05, 3.63) is 103 Å². The number of amides is 1. The molecule has 0 bridgehead atoms. The molecule has 1 aromatic heterocycles. The Bertz CT molecular complexity index is 1720. The molecule has 5 aromatic rings. The van der Waals surface area contributed by atoms with Crippen LogP contribution in [0.4, 0.5) is 5.69 Å². The fourth-order valence-electron chi connectivity index (χ4n) is 3.84. The Kier molecular flexibility index (Phi) is 7.58. The van der Waals surface area contributed by atoms with Crippen molar-refractivity contribution >= 4 is 44.4 Å². The van der Waals surface area contributed by atoms with E-state index >= 15 is 0 Å². The van der Waals surface area contributed by atoms with Gasteiger partial charge in [0.2, 0.25) is 5.91 Å². The number of benzene rings is 4. The zero-order chi connectivity index (χ0) is 27.4. The SMILES string of the molecule is COc1ccc2nc(SCC(=O)Nc3ccc(Oc4ccccc4)cc3)n(S(=O)(=O)c3ccc(C)cc3)c2c1. The number of hydrogen-bond acceptors (Lipinski definition) is 7. The number of methoxy groups -OCH3 is 1. The number of fused-ring (bicyclic) bond motifs is 1. The summed E-state index contributed by atoms with van der Waals surface area (Å²) in [5, 5.41) is 3.01. The molecule has 1 N–H and O–H groups in total. The minimum atomic E-state index is -4.00. The van der Waals surface area contributed by atoms with Crippen LogP contribution >= 0.6 is 11.8 Å². The van der Waals surface area contributed by atoms with Crippen molar-refractivity contribution < 1.29 is 22.7 Å². The van der Waals surface area contributed by atoms with Gasteiger partial charge in [0.1, 0.15) is 17.2 Å². The van der Waals surface area contributed by atoms with Crippen LogP contribution in [0.2, 0.25) is 0 Å². The van der Waals surface area contributed by atoms with Crippen molar-refractivity contribution in [2.75, 3.05) is 18.2 Å². The number of para-hydroxylation sites is 1. The third-order valence-corrected chi connectivity index (χ3v) is 8.57.